The van der Waals surface area contributed by atoms with E-state index in [1.165, 1.54) is 23.6 Å². The summed E-state index contributed by atoms with van der Waals surface area (Å²) in [6.45, 7) is 0. The molecule has 116 valence electrons. The van der Waals surface area contributed by atoms with Crippen molar-refractivity contribution < 1.29 is 4.39 Å². The van der Waals surface area contributed by atoms with Crippen molar-refractivity contribution in [1.29, 1.82) is 0 Å². The minimum Gasteiger partial charge on any atom is -0.253 e. The Balaban J connectivity index is 1.68. The molecule has 0 spiro atoms. The van der Waals surface area contributed by atoms with Gasteiger partial charge in [0, 0.05) is 21.8 Å². The molecule has 23 heavy (non-hydrogen) atoms. The first-order valence-electron chi connectivity index (χ1n) is 6.90. The van der Waals surface area contributed by atoms with Crippen molar-refractivity contribution in [3.8, 4) is 11.3 Å². The Bertz CT molecular complexity index is 818. The molecule has 1 N–H and O–H groups in total. The summed E-state index contributed by atoms with van der Waals surface area (Å²) >= 11 is 4.76. The van der Waals surface area contributed by atoms with Gasteiger partial charge in [-0.1, -0.05) is 58.4 Å². The Morgan fingerprint density at radius 1 is 1.22 bits per heavy atom. The van der Waals surface area contributed by atoms with Crippen LogP contribution in [0.25, 0.3) is 11.3 Å². The van der Waals surface area contributed by atoms with Crippen LogP contribution in [0.3, 0.4) is 0 Å². The van der Waals surface area contributed by atoms with Gasteiger partial charge in [-0.25, -0.2) is 9.37 Å². The number of anilines is 1. The molecule has 3 aromatic rings. The predicted molar refractivity (Wildman–Crippen MR) is 97.8 cm³/mol. The van der Waals surface area contributed by atoms with Crippen molar-refractivity contribution in [3.05, 3.63) is 70.9 Å². The van der Waals surface area contributed by atoms with Crippen molar-refractivity contribution in [1.82, 2.24) is 4.98 Å². The van der Waals surface area contributed by atoms with Crippen LogP contribution < -0.4 is 5.43 Å². The molecule has 0 amide bonds. The normalized spacial score (nSPS) is 11.0. The average molecular weight is 390 g/mol. The van der Waals surface area contributed by atoms with Gasteiger partial charge in [-0.2, -0.15) is 5.10 Å². The Kier molecular flexibility index (Phi) is 5.15. The van der Waals surface area contributed by atoms with E-state index in [1.807, 2.05) is 41.8 Å². The summed E-state index contributed by atoms with van der Waals surface area (Å²) < 4.78 is 13.8. The summed E-state index contributed by atoms with van der Waals surface area (Å²) in [5.74, 6) is -0.295. The molecule has 1 aromatic heterocycles. The summed E-state index contributed by atoms with van der Waals surface area (Å²) in [7, 11) is 0. The minimum atomic E-state index is -0.295. The van der Waals surface area contributed by atoms with Crippen LogP contribution in [0.15, 0.2) is 59.0 Å². The number of aromatic nitrogens is 1. The molecule has 2 aromatic carbocycles. The average Bonchev–Trinajstić information content (AvgIpc) is 3.06. The first-order chi connectivity index (χ1) is 11.3. The Morgan fingerprint density at radius 2 is 2.04 bits per heavy atom. The van der Waals surface area contributed by atoms with Crippen LogP contribution in [-0.4, -0.2) is 11.2 Å². The van der Waals surface area contributed by atoms with Crippen LogP contribution in [0.2, 0.25) is 0 Å². The zero-order valence-electron chi connectivity index (χ0n) is 12.0. The zero-order chi connectivity index (χ0) is 16.1. The molecule has 0 saturated heterocycles. The van der Waals surface area contributed by atoms with Gasteiger partial charge >= 0.3 is 0 Å². The maximum atomic E-state index is 13.8. The molecule has 0 unspecified atom stereocenters. The second kappa shape index (κ2) is 7.48. The van der Waals surface area contributed by atoms with Gasteiger partial charge in [-0.3, -0.25) is 5.43 Å². The van der Waals surface area contributed by atoms with E-state index in [0.29, 0.717) is 16.0 Å². The molecule has 0 saturated carbocycles. The van der Waals surface area contributed by atoms with Crippen LogP contribution in [-0.2, 0) is 5.33 Å². The minimum absolute atomic E-state index is 0.295. The number of thiazole rings is 1. The molecule has 0 atom stereocenters. The lowest BCUT2D eigenvalue weighted by molar-refractivity contribution is 0.624. The third kappa shape index (κ3) is 4.03. The zero-order valence-corrected chi connectivity index (χ0v) is 14.4. The molecule has 0 aliphatic carbocycles. The predicted octanol–water partition coefficient (Wildman–Crippen LogP) is 5.29. The van der Waals surface area contributed by atoms with Gasteiger partial charge in [0.2, 0.25) is 5.13 Å². The monoisotopic (exact) mass is 389 g/mol. The van der Waals surface area contributed by atoms with Crippen LogP contribution >= 0.6 is 27.3 Å². The number of benzene rings is 2. The van der Waals surface area contributed by atoms with E-state index in [4.69, 9.17) is 0 Å². The lowest BCUT2D eigenvalue weighted by Gasteiger charge is -1.99. The molecule has 0 aliphatic rings. The maximum absolute atomic E-state index is 13.8. The number of alkyl halides is 1. The number of halogens is 2. The van der Waals surface area contributed by atoms with E-state index in [2.05, 4.69) is 31.4 Å². The van der Waals surface area contributed by atoms with E-state index >= 15 is 0 Å². The Hall–Kier alpha value is -2.05. The Labute approximate surface area is 146 Å². The van der Waals surface area contributed by atoms with Crippen molar-refractivity contribution in [2.45, 2.75) is 5.33 Å². The van der Waals surface area contributed by atoms with E-state index < -0.39 is 0 Å². The third-order valence-corrected chi connectivity index (χ3v) is 4.55. The first kappa shape index (κ1) is 15.8. The van der Waals surface area contributed by atoms with Crippen molar-refractivity contribution >= 4 is 38.6 Å². The first-order valence-corrected chi connectivity index (χ1v) is 8.91. The van der Waals surface area contributed by atoms with Gasteiger partial charge in [-0.05, 0) is 11.6 Å². The molecule has 0 radical (unpaired) electrons. The number of rotatable bonds is 5. The quantitative estimate of drug-likeness (QED) is 0.365. The van der Waals surface area contributed by atoms with Crippen molar-refractivity contribution in [3.63, 3.8) is 0 Å². The molecule has 3 nitrogen and oxygen atoms in total. The second-order valence-electron chi connectivity index (χ2n) is 4.76. The number of hydrazone groups is 1. The van der Waals surface area contributed by atoms with E-state index in [9.17, 15) is 4.39 Å². The highest BCUT2D eigenvalue weighted by Gasteiger charge is 2.04. The number of nitrogens with one attached hydrogen (secondary N) is 1. The van der Waals surface area contributed by atoms with E-state index in [0.717, 1.165) is 16.8 Å². The molecule has 6 heteroatoms. The molecule has 1 heterocycles. The maximum Gasteiger partial charge on any atom is 0.203 e. The smallest absolute Gasteiger partial charge is 0.203 e. The highest BCUT2D eigenvalue weighted by atomic mass is 79.9. The Morgan fingerprint density at radius 3 is 2.78 bits per heavy atom. The molecule has 0 bridgehead atoms. The van der Waals surface area contributed by atoms with Crippen LogP contribution in [0.4, 0.5) is 9.52 Å². The number of hydrogen-bond acceptors (Lipinski definition) is 4. The number of hydrogen-bond donors (Lipinski definition) is 1. The molecule has 0 fully saturated rings. The van der Waals surface area contributed by atoms with Gasteiger partial charge < -0.3 is 0 Å². The standard InChI is InChI=1S/C17H13BrFN3S/c18-9-12-6-7-14(15(19)8-12)10-20-22-17-21-16(11-23-17)13-4-2-1-3-5-13/h1-8,10-11H,9H2,(H,21,22). The molecular weight excluding hydrogens is 377 g/mol. The summed E-state index contributed by atoms with van der Waals surface area (Å²) in [5.41, 5.74) is 6.10. The van der Waals surface area contributed by atoms with Gasteiger partial charge in [-0.15, -0.1) is 11.3 Å². The number of nitrogens with zero attached hydrogens (tertiary/aromatic N) is 2. The fraction of sp³-hybridized carbons (Fsp3) is 0.0588. The topological polar surface area (TPSA) is 37.3 Å². The fourth-order valence-electron chi connectivity index (χ4n) is 1.98. The van der Waals surface area contributed by atoms with Crippen LogP contribution in [0, 0.1) is 5.82 Å². The largest absolute Gasteiger partial charge is 0.253 e. The van der Waals surface area contributed by atoms with Gasteiger partial charge in [0.1, 0.15) is 5.82 Å². The van der Waals surface area contributed by atoms with Gasteiger partial charge in [0.25, 0.3) is 0 Å². The van der Waals surface area contributed by atoms with Gasteiger partial charge in [0.05, 0.1) is 11.9 Å². The highest BCUT2D eigenvalue weighted by molar-refractivity contribution is 9.08. The fourth-order valence-corrected chi connectivity index (χ4v) is 3.00. The summed E-state index contributed by atoms with van der Waals surface area (Å²) in [6.07, 6.45) is 1.46. The van der Waals surface area contributed by atoms with Crippen molar-refractivity contribution in [2.75, 3.05) is 5.43 Å². The molecule has 3 rings (SSSR count). The summed E-state index contributed by atoms with van der Waals surface area (Å²) in [4.78, 5) is 4.46. The molecular formula is C17H13BrFN3S. The SMILES string of the molecule is Fc1cc(CBr)ccc1C=NNc1nc(-c2ccccc2)cs1. The van der Waals surface area contributed by atoms with E-state index in [-0.39, 0.29) is 5.82 Å². The van der Waals surface area contributed by atoms with Crippen LogP contribution in [0.5, 0.6) is 0 Å². The second-order valence-corrected chi connectivity index (χ2v) is 6.18. The summed E-state index contributed by atoms with van der Waals surface area (Å²) in [5, 5.41) is 7.30. The summed E-state index contributed by atoms with van der Waals surface area (Å²) in [6, 6.07) is 15.0. The lowest BCUT2D eigenvalue weighted by Crippen LogP contribution is -1.94. The van der Waals surface area contributed by atoms with Crippen molar-refractivity contribution in [2.24, 2.45) is 5.10 Å². The lowest BCUT2D eigenvalue weighted by atomic mass is 10.1. The third-order valence-electron chi connectivity index (χ3n) is 3.16. The van der Waals surface area contributed by atoms with E-state index in [1.54, 1.807) is 6.07 Å². The highest BCUT2D eigenvalue weighted by Crippen LogP contribution is 2.24. The van der Waals surface area contributed by atoms with Crippen LogP contribution in [0.1, 0.15) is 11.1 Å². The molecule has 0 aliphatic heterocycles. The van der Waals surface area contributed by atoms with Gasteiger partial charge in [0.15, 0.2) is 0 Å².